The van der Waals surface area contributed by atoms with Crippen molar-refractivity contribution in [3.8, 4) is 0 Å². The van der Waals surface area contributed by atoms with E-state index in [0.717, 1.165) is 36.4 Å². The Morgan fingerprint density at radius 3 is 2.35 bits per heavy atom. The van der Waals surface area contributed by atoms with E-state index in [1.807, 2.05) is 13.8 Å². The largest absolute Gasteiger partial charge is 0.452 e. The molecule has 138 valence electrons. The molecule has 2 heterocycles. The van der Waals surface area contributed by atoms with E-state index in [9.17, 15) is 9.59 Å². The summed E-state index contributed by atoms with van der Waals surface area (Å²) in [5, 5.41) is 0. The van der Waals surface area contributed by atoms with Gasteiger partial charge in [0.2, 0.25) is 0 Å². The fourth-order valence-electron chi connectivity index (χ4n) is 3.53. The van der Waals surface area contributed by atoms with Crippen molar-refractivity contribution in [2.75, 3.05) is 19.7 Å². The zero-order chi connectivity index (χ0) is 18.8. The number of amides is 1. The summed E-state index contributed by atoms with van der Waals surface area (Å²) in [5.41, 5.74) is 3.45. The normalized spacial score (nSPS) is 20.2. The van der Waals surface area contributed by atoms with Crippen LogP contribution in [0.4, 0.5) is 0 Å². The van der Waals surface area contributed by atoms with Crippen LogP contribution >= 0.6 is 0 Å². The molecule has 0 unspecified atom stereocenters. The maximum Gasteiger partial charge on any atom is 0.338 e. The number of carbonyl (C=O) groups excluding carboxylic acids is 2. The molecule has 26 heavy (non-hydrogen) atoms. The molecule has 1 saturated heterocycles. The molecule has 1 fully saturated rings. The lowest BCUT2D eigenvalue weighted by Gasteiger charge is -2.34. The molecule has 1 amide bonds. The highest BCUT2D eigenvalue weighted by Gasteiger charge is 2.26. The van der Waals surface area contributed by atoms with Gasteiger partial charge >= 0.3 is 5.97 Å². The predicted molar refractivity (Wildman–Crippen MR) is 98.8 cm³/mol. The number of benzene rings is 1. The van der Waals surface area contributed by atoms with Crippen molar-refractivity contribution in [3.05, 3.63) is 35.2 Å². The molecule has 3 rings (SSSR count). The Labute approximate surface area is 153 Å². The Balaban J connectivity index is 1.65. The minimum absolute atomic E-state index is 0.135. The van der Waals surface area contributed by atoms with E-state index in [1.54, 1.807) is 23.1 Å². The Morgan fingerprint density at radius 1 is 1.08 bits per heavy atom. The number of nitrogens with zero attached hydrogens (tertiary/aromatic N) is 3. The average molecular weight is 355 g/mol. The monoisotopic (exact) mass is 355 g/mol. The van der Waals surface area contributed by atoms with Gasteiger partial charge in [-0.15, -0.1) is 0 Å². The lowest BCUT2D eigenvalue weighted by molar-refractivity contribution is -0.137. The van der Waals surface area contributed by atoms with Crippen molar-refractivity contribution < 1.29 is 14.3 Å². The Morgan fingerprint density at radius 2 is 1.69 bits per heavy atom. The molecule has 6 heteroatoms. The van der Waals surface area contributed by atoms with Gasteiger partial charge in [-0.3, -0.25) is 4.79 Å². The second kappa shape index (κ2) is 7.40. The summed E-state index contributed by atoms with van der Waals surface area (Å²) in [5.74, 6) is 0.301. The molecule has 1 aromatic heterocycles. The third-order valence-electron chi connectivity index (χ3n) is 4.86. The van der Waals surface area contributed by atoms with Gasteiger partial charge in [0.15, 0.2) is 6.61 Å². The zero-order valence-corrected chi connectivity index (χ0v) is 15.8. The molecule has 0 bridgehead atoms. The van der Waals surface area contributed by atoms with Gasteiger partial charge in [-0.1, -0.05) is 13.8 Å². The van der Waals surface area contributed by atoms with Crippen LogP contribution in [0.1, 0.15) is 42.0 Å². The van der Waals surface area contributed by atoms with Gasteiger partial charge in [0, 0.05) is 13.1 Å². The standard InChI is InChI=1S/C20H25N3O3/c1-12-7-13(2)10-23(9-12)19(24)11-26-20(25)16-5-6-17-18(8-16)22-15(4)14(3)21-17/h5-6,8,12-13H,7,9-11H2,1-4H3/t12-,13+. The number of carbonyl (C=O) groups is 2. The van der Waals surface area contributed by atoms with E-state index in [0.29, 0.717) is 22.9 Å². The van der Waals surface area contributed by atoms with Crippen molar-refractivity contribution in [3.63, 3.8) is 0 Å². The van der Waals surface area contributed by atoms with Gasteiger partial charge in [0.05, 0.1) is 28.0 Å². The lowest BCUT2D eigenvalue weighted by Crippen LogP contribution is -2.44. The van der Waals surface area contributed by atoms with E-state index in [1.165, 1.54) is 0 Å². The minimum Gasteiger partial charge on any atom is -0.452 e. The number of piperidine rings is 1. The third-order valence-corrected chi connectivity index (χ3v) is 4.86. The molecule has 0 spiro atoms. The first kappa shape index (κ1) is 18.3. The SMILES string of the molecule is Cc1nc2ccc(C(=O)OCC(=O)N3C[C@H](C)C[C@H](C)C3)cc2nc1C. The molecular formula is C20H25N3O3. The Hall–Kier alpha value is -2.50. The van der Waals surface area contributed by atoms with E-state index >= 15 is 0 Å². The third kappa shape index (κ3) is 4.00. The molecule has 0 aliphatic carbocycles. The second-order valence-corrected chi connectivity index (χ2v) is 7.42. The molecule has 0 radical (unpaired) electrons. The summed E-state index contributed by atoms with van der Waals surface area (Å²) in [6, 6.07) is 5.07. The van der Waals surface area contributed by atoms with Gasteiger partial charge in [-0.25, -0.2) is 14.8 Å². The first-order valence-corrected chi connectivity index (χ1v) is 9.03. The summed E-state index contributed by atoms with van der Waals surface area (Å²) >= 11 is 0. The molecule has 1 aliphatic heterocycles. The number of rotatable bonds is 3. The molecule has 1 aliphatic rings. The molecule has 0 saturated carbocycles. The van der Waals surface area contributed by atoms with Gasteiger partial charge in [0.1, 0.15) is 0 Å². The average Bonchev–Trinajstić information content (AvgIpc) is 2.59. The topological polar surface area (TPSA) is 72.4 Å². The molecule has 6 nitrogen and oxygen atoms in total. The number of aromatic nitrogens is 2. The molecule has 0 N–H and O–H groups in total. The maximum atomic E-state index is 12.3. The highest BCUT2D eigenvalue weighted by molar-refractivity contribution is 5.94. The van der Waals surface area contributed by atoms with E-state index in [2.05, 4.69) is 23.8 Å². The van der Waals surface area contributed by atoms with Gasteiger partial charge in [-0.2, -0.15) is 0 Å². The van der Waals surface area contributed by atoms with Crippen LogP contribution in [0.3, 0.4) is 0 Å². The van der Waals surface area contributed by atoms with Crippen LogP contribution in [0, 0.1) is 25.7 Å². The summed E-state index contributed by atoms with van der Waals surface area (Å²) < 4.78 is 5.24. The summed E-state index contributed by atoms with van der Waals surface area (Å²) in [4.78, 5) is 35.4. The van der Waals surface area contributed by atoms with Crippen molar-refractivity contribution in [1.29, 1.82) is 0 Å². The van der Waals surface area contributed by atoms with Gasteiger partial charge in [0.25, 0.3) is 5.91 Å². The van der Waals surface area contributed by atoms with E-state index < -0.39 is 5.97 Å². The maximum absolute atomic E-state index is 12.3. The quantitative estimate of drug-likeness (QED) is 0.792. The molecule has 2 aromatic rings. The number of esters is 1. The molecule has 2 atom stereocenters. The van der Waals surface area contributed by atoms with E-state index in [4.69, 9.17) is 4.74 Å². The van der Waals surface area contributed by atoms with Crippen LogP contribution in [0.5, 0.6) is 0 Å². The van der Waals surface area contributed by atoms with Crippen LogP contribution in [0.2, 0.25) is 0 Å². The smallest absolute Gasteiger partial charge is 0.338 e. The Bertz CT molecular complexity index is 840. The molecule has 1 aromatic carbocycles. The predicted octanol–water partition coefficient (Wildman–Crippen LogP) is 2.91. The van der Waals surface area contributed by atoms with Crippen molar-refractivity contribution in [2.45, 2.75) is 34.1 Å². The van der Waals surface area contributed by atoms with Crippen LogP contribution in [-0.4, -0.2) is 46.4 Å². The summed E-state index contributed by atoms with van der Waals surface area (Å²) in [6.07, 6.45) is 1.13. The number of ether oxygens (including phenoxy) is 1. The van der Waals surface area contributed by atoms with Gasteiger partial charge < -0.3 is 9.64 Å². The van der Waals surface area contributed by atoms with Gasteiger partial charge in [-0.05, 0) is 50.3 Å². The first-order valence-electron chi connectivity index (χ1n) is 9.03. The molecular weight excluding hydrogens is 330 g/mol. The van der Waals surface area contributed by atoms with Crippen molar-refractivity contribution in [2.24, 2.45) is 11.8 Å². The van der Waals surface area contributed by atoms with Crippen LogP contribution in [0.15, 0.2) is 18.2 Å². The number of fused-ring (bicyclic) bond motifs is 1. The second-order valence-electron chi connectivity index (χ2n) is 7.42. The summed E-state index contributed by atoms with van der Waals surface area (Å²) in [6.45, 7) is 9.29. The van der Waals surface area contributed by atoms with Crippen LogP contribution in [0.25, 0.3) is 11.0 Å². The first-order chi connectivity index (χ1) is 12.3. The number of hydrogen-bond donors (Lipinski definition) is 0. The minimum atomic E-state index is -0.515. The van der Waals surface area contributed by atoms with Crippen molar-refractivity contribution >= 4 is 22.9 Å². The highest BCUT2D eigenvalue weighted by Crippen LogP contribution is 2.21. The van der Waals surface area contributed by atoms with Crippen LogP contribution < -0.4 is 0 Å². The number of hydrogen-bond acceptors (Lipinski definition) is 5. The number of aryl methyl sites for hydroxylation is 2. The Kier molecular flexibility index (Phi) is 5.20. The summed E-state index contributed by atoms with van der Waals surface area (Å²) in [7, 11) is 0. The van der Waals surface area contributed by atoms with Crippen molar-refractivity contribution in [1.82, 2.24) is 14.9 Å². The zero-order valence-electron chi connectivity index (χ0n) is 15.8. The van der Waals surface area contributed by atoms with Crippen LogP contribution in [-0.2, 0) is 9.53 Å². The lowest BCUT2D eigenvalue weighted by atomic mass is 9.92. The fraction of sp³-hybridized carbons (Fsp3) is 0.500. The van der Waals surface area contributed by atoms with E-state index in [-0.39, 0.29) is 12.5 Å². The number of likely N-dealkylation sites (tertiary alicyclic amines) is 1. The highest BCUT2D eigenvalue weighted by atomic mass is 16.5. The fourth-order valence-corrected chi connectivity index (χ4v) is 3.53.